The van der Waals surface area contributed by atoms with E-state index in [1.54, 1.807) is 0 Å². The van der Waals surface area contributed by atoms with Crippen LogP contribution in [0.1, 0.15) is 43.6 Å². The summed E-state index contributed by atoms with van der Waals surface area (Å²) >= 11 is 0. The van der Waals surface area contributed by atoms with Gasteiger partial charge < -0.3 is 5.11 Å². The molecule has 1 aromatic rings. The monoisotopic (exact) mass is 298 g/mol. The first-order chi connectivity index (χ1) is 9.97. The molecule has 4 heteroatoms. The molecule has 0 aliphatic heterocycles. The van der Waals surface area contributed by atoms with Crippen molar-refractivity contribution in [3.63, 3.8) is 0 Å². The summed E-state index contributed by atoms with van der Waals surface area (Å²) in [6.07, 6.45) is -2.19. The summed E-state index contributed by atoms with van der Waals surface area (Å²) in [5, 5.41) is 10.5. The predicted octanol–water partition coefficient (Wildman–Crippen LogP) is 4.52. The molecule has 0 heterocycles. The van der Waals surface area contributed by atoms with Crippen molar-refractivity contribution in [3.05, 3.63) is 35.9 Å². The highest BCUT2D eigenvalue weighted by molar-refractivity contribution is 5.26. The summed E-state index contributed by atoms with van der Waals surface area (Å²) in [6, 6.07) is 10.1. The van der Waals surface area contributed by atoms with E-state index < -0.39 is 18.2 Å². The second-order valence-corrected chi connectivity index (χ2v) is 6.56. The van der Waals surface area contributed by atoms with Crippen LogP contribution in [0.25, 0.3) is 0 Å². The molecule has 2 saturated carbocycles. The Morgan fingerprint density at radius 2 is 1.62 bits per heavy atom. The Hall–Kier alpha value is -1.03. The van der Waals surface area contributed by atoms with E-state index in [-0.39, 0.29) is 24.7 Å². The van der Waals surface area contributed by atoms with E-state index in [9.17, 15) is 18.3 Å². The molecule has 21 heavy (non-hydrogen) atoms. The first kappa shape index (κ1) is 14.9. The molecule has 3 rings (SSSR count). The lowest BCUT2D eigenvalue weighted by atomic mass is 9.77. The molecular formula is C17H21F3O. The molecule has 0 bridgehead atoms. The van der Waals surface area contributed by atoms with Gasteiger partial charge in [0.15, 0.2) is 0 Å². The van der Waals surface area contributed by atoms with Gasteiger partial charge in [-0.05, 0) is 55.4 Å². The van der Waals surface area contributed by atoms with Crippen molar-refractivity contribution in [2.75, 3.05) is 0 Å². The van der Waals surface area contributed by atoms with E-state index in [1.807, 2.05) is 18.2 Å². The largest absolute Gasteiger partial charge is 0.393 e. The van der Waals surface area contributed by atoms with E-state index in [4.69, 9.17) is 0 Å². The van der Waals surface area contributed by atoms with Crippen LogP contribution in [0.3, 0.4) is 0 Å². The van der Waals surface area contributed by atoms with Crippen molar-refractivity contribution in [1.82, 2.24) is 0 Å². The van der Waals surface area contributed by atoms with Crippen molar-refractivity contribution in [2.45, 2.75) is 50.3 Å². The number of halogens is 3. The van der Waals surface area contributed by atoms with Crippen LogP contribution in [0.4, 0.5) is 13.2 Å². The van der Waals surface area contributed by atoms with Gasteiger partial charge in [0.25, 0.3) is 0 Å². The number of rotatable bonds is 3. The van der Waals surface area contributed by atoms with Gasteiger partial charge >= 0.3 is 6.18 Å². The zero-order valence-electron chi connectivity index (χ0n) is 11.9. The van der Waals surface area contributed by atoms with Crippen molar-refractivity contribution in [3.8, 4) is 0 Å². The van der Waals surface area contributed by atoms with Gasteiger partial charge in [-0.15, -0.1) is 0 Å². The van der Waals surface area contributed by atoms with E-state index in [2.05, 4.69) is 12.1 Å². The Morgan fingerprint density at radius 1 is 1.00 bits per heavy atom. The van der Waals surface area contributed by atoms with Crippen molar-refractivity contribution >= 4 is 0 Å². The van der Waals surface area contributed by atoms with Gasteiger partial charge in [-0.3, -0.25) is 0 Å². The second kappa shape index (κ2) is 5.64. The van der Waals surface area contributed by atoms with Crippen LogP contribution in [-0.2, 0) is 0 Å². The van der Waals surface area contributed by atoms with E-state index in [0.717, 1.165) is 6.42 Å². The summed E-state index contributed by atoms with van der Waals surface area (Å²) in [7, 11) is 0. The zero-order valence-corrected chi connectivity index (χ0v) is 11.9. The van der Waals surface area contributed by atoms with Gasteiger partial charge in [0.2, 0.25) is 0 Å². The molecule has 0 spiro atoms. The highest BCUT2D eigenvalue weighted by Crippen LogP contribution is 2.53. The summed E-state index contributed by atoms with van der Waals surface area (Å²) in [5.41, 5.74) is 1.24. The molecular weight excluding hydrogens is 277 g/mol. The Labute approximate surface area is 123 Å². The average Bonchev–Trinajstić information content (AvgIpc) is 3.27. The Morgan fingerprint density at radius 3 is 2.19 bits per heavy atom. The van der Waals surface area contributed by atoms with Gasteiger partial charge in [0.1, 0.15) is 0 Å². The maximum atomic E-state index is 12.7. The van der Waals surface area contributed by atoms with Crippen LogP contribution in [-0.4, -0.2) is 17.4 Å². The Kier molecular flexibility index (Phi) is 4.00. The molecule has 1 aromatic carbocycles. The summed E-state index contributed by atoms with van der Waals surface area (Å²) in [5.74, 6) is -0.492. The molecule has 3 unspecified atom stereocenters. The molecule has 0 radical (unpaired) electrons. The quantitative estimate of drug-likeness (QED) is 0.870. The third-order valence-electron chi connectivity index (χ3n) is 5.22. The molecule has 2 fully saturated rings. The molecule has 116 valence electrons. The molecule has 1 N–H and O–H groups in total. The van der Waals surface area contributed by atoms with Crippen molar-refractivity contribution < 1.29 is 18.3 Å². The number of aliphatic hydroxyl groups is 1. The van der Waals surface area contributed by atoms with Gasteiger partial charge in [-0.2, -0.15) is 13.2 Å². The number of benzene rings is 1. The average molecular weight is 298 g/mol. The smallest absolute Gasteiger partial charge is 0.391 e. The molecule has 3 atom stereocenters. The highest BCUT2D eigenvalue weighted by Gasteiger charge is 2.48. The van der Waals surface area contributed by atoms with Gasteiger partial charge in [-0.25, -0.2) is 0 Å². The van der Waals surface area contributed by atoms with Gasteiger partial charge in [-0.1, -0.05) is 30.3 Å². The third-order valence-corrected chi connectivity index (χ3v) is 5.22. The van der Waals surface area contributed by atoms with Gasteiger partial charge in [0.05, 0.1) is 12.0 Å². The molecule has 0 aromatic heterocycles. The molecule has 0 saturated heterocycles. The van der Waals surface area contributed by atoms with Crippen LogP contribution in [0.5, 0.6) is 0 Å². The summed E-state index contributed by atoms with van der Waals surface area (Å²) in [6.45, 7) is 0. The van der Waals surface area contributed by atoms with Crippen molar-refractivity contribution in [1.29, 1.82) is 0 Å². The highest BCUT2D eigenvalue weighted by atomic mass is 19.4. The number of aliphatic hydroxyl groups excluding tert-OH is 1. The van der Waals surface area contributed by atoms with E-state index >= 15 is 0 Å². The number of hydrogen-bond acceptors (Lipinski definition) is 1. The fraction of sp³-hybridized carbons (Fsp3) is 0.647. The van der Waals surface area contributed by atoms with Crippen LogP contribution in [0, 0.1) is 17.8 Å². The van der Waals surface area contributed by atoms with E-state index in [1.165, 1.54) is 5.56 Å². The lowest BCUT2D eigenvalue weighted by Gasteiger charge is -2.32. The maximum absolute atomic E-state index is 12.7. The third kappa shape index (κ3) is 3.25. The zero-order chi connectivity index (χ0) is 15.0. The Balaban J connectivity index is 1.53. The molecule has 0 amide bonds. The summed E-state index contributed by atoms with van der Waals surface area (Å²) in [4.78, 5) is 0. The minimum absolute atomic E-state index is 0.0438. The summed E-state index contributed by atoms with van der Waals surface area (Å²) < 4.78 is 38.0. The fourth-order valence-corrected chi connectivity index (χ4v) is 3.81. The van der Waals surface area contributed by atoms with Crippen LogP contribution < -0.4 is 0 Å². The van der Waals surface area contributed by atoms with Crippen LogP contribution in [0.15, 0.2) is 30.3 Å². The molecule has 1 nitrogen and oxygen atoms in total. The molecule has 2 aliphatic carbocycles. The second-order valence-electron chi connectivity index (χ2n) is 6.56. The fourth-order valence-electron chi connectivity index (χ4n) is 3.81. The normalized spacial score (nSPS) is 34.5. The lowest BCUT2D eigenvalue weighted by molar-refractivity contribution is -0.186. The van der Waals surface area contributed by atoms with Gasteiger partial charge in [0, 0.05) is 0 Å². The standard InChI is InChI=1S/C17H21F3O/c18-17(19,20)13-8-6-12(7-9-13)16(21)15-10-14(15)11-4-2-1-3-5-11/h1-5,12-16,21H,6-10H2. The lowest BCUT2D eigenvalue weighted by Crippen LogP contribution is -2.33. The van der Waals surface area contributed by atoms with Crippen LogP contribution in [0.2, 0.25) is 0 Å². The molecule has 2 aliphatic rings. The Bertz CT molecular complexity index is 463. The van der Waals surface area contributed by atoms with Crippen molar-refractivity contribution in [2.24, 2.45) is 17.8 Å². The number of alkyl halides is 3. The minimum Gasteiger partial charge on any atom is -0.393 e. The SMILES string of the molecule is OC(C1CCC(C(F)(F)F)CC1)C1CC1c1ccccc1. The predicted molar refractivity (Wildman–Crippen MR) is 74.8 cm³/mol. The number of hydrogen-bond donors (Lipinski definition) is 1. The first-order valence-corrected chi connectivity index (χ1v) is 7.76. The maximum Gasteiger partial charge on any atom is 0.391 e. The minimum atomic E-state index is -4.07. The van der Waals surface area contributed by atoms with E-state index in [0.29, 0.717) is 18.8 Å². The topological polar surface area (TPSA) is 20.2 Å². The first-order valence-electron chi connectivity index (χ1n) is 7.76. The van der Waals surface area contributed by atoms with Crippen LogP contribution >= 0.6 is 0 Å².